The number of aromatic nitrogens is 2. The van der Waals surface area contributed by atoms with Crippen molar-refractivity contribution >= 4 is 5.69 Å². The highest BCUT2D eigenvalue weighted by molar-refractivity contribution is 5.46. The number of aryl methyl sites for hydroxylation is 2. The van der Waals surface area contributed by atoms with Crippen molar-refractivity contribution in [3.8, 4) is 0 Å². The zero-order valence-electron chi connectivity index (χ0n) is 10.9. The number of likely N-dealkylation sites (N-methyl/N-ethyl adjacent to an activating group) is 1. The highest BCUT2D eigenvalue weighted by Crippen LogP contribution is 2.14. The molecule has 1 N–H and O–H groups in total. The predicted molar refractivity (Wildman–Crippen MR) is 68.3 cm³/mol. The fourth-order valence-corrected chi connectivity index (χ4v) is 2.16. The van der Waals surface area contributed by atoms with E-state index in [2.05, 4.69) is 29.3 Å². The van der Waals surface area contributed by atoms with Gasteiger partial charge >= 0.3 is 0 Å². The summed E-state index contributed by atoms with van der Waals surface area (Å²) >= 11 is 0. The van der Waals surface area contributed by atoms with Crippen LogP contribution in [0.4, 0.5) is 5.69 Å². The van der Waals surface area contributed by atoms with Crippen molar-refractivity contribution in [2.75, 3.05) is 38.6 Å². The van der Waals surface area contributed by atoms with Gasteiger partial charge in [0.1, 0.15) is 0 Å². The Labute approximate surface area is 103 Å². The molecule has 1 unspecified atom stereocenters. The first-order valence-electron chi connectivity index (χ1n) is 6.25. The molecule has 1 aromatic rings. The van der Waals surface area contributed by atoms with Crippen LogP contribution in [-0.4, -0.2) is 54.1 Å². The first kappa shape index (κ1) is 12.4. The maximum atomic E-state index is 5.72. The van der Waals surface area contributed by atoms with Gasteiger partial charge in [-0.2, -0.15) is 5.10 Å². The van der Waals surface area contributed by atoms with E-state index in [1.165, 1.54) is 0 Å². The van der Waals surface area contributed by atoms with Crippen molar-refractivity contribution in [3.05, 3.63) is 11.9 Å². The van der Waals surface area contributed by atoms with Crippen LogP contribution in [0.1, 0.15) is 12.6 Å². The summed E-state index contributed by atoms with van der Waals surface area (Å²) in [6.07, 6.45) is 3.26. The third-order valence-electron chi connectivity index (χ3n) is 3.10. The molecule has 0 aliphatic carbocycles. The molecule has 5 nitrogen and oxygen atoms in total. The highest BCUT2D eigenvalue weighted by atomic mass is 16.5. The fourth-order valence-electron chi connectivity index (χ4n) is 2.16. The zero-order valence-corrected chi connectivity index (χ0v) is 10.9. The number of morpholine rings is 1. The molecule has 2 rings (SSSR count). The van der Waals surface area contributed by atoms with E-state index in [4.69, 9.17) is 4.74 Å². The minimum atomic E-state index is 0.277. The molecule has 1 aromatic heterocycles. The largest absolute Gasteiger partial charge is 0.380 e. The lowest BCUT2D eigenvalue weighted by atomic mass is 10.2. The fraction of sp³-hybridized carbons (Fsp3) is 0.750. The smallest absolute Gasteiger partial charge is 0.0874 e. The van der Waals surface area contributed by atoms with Crippen LogP contribution in [-0.2, 0) is 18.2 Å². The number of nitrogens with one attached hydrogen (secondary N) is 1. The molecule has 0 spiro atoms. The second-order valence-electron chi connectivity index (χ2n) is 4.65. The van der Waals surface area contributed by atoms with Crippen molar-refractivity contribution in [2.24, 2.45) is 7.05 Å². The van der Waals surface area contributed by atoms with E-state index in [9.17, 15) is 0 Å². The molecule has 1 aliphatic heterocycles. The molecule has 1 atom stereocenters. The number of hydrogen-bond acceptors (Lipinski definition) is 4. The molecular weight excluding hydrogens is 216 g/mol. The number of hydrogen-bond donors (Lipinski definition) is 1. The van der Waals surface area contributed by atoms with E-state index in [0.717, 1.165) is 44.0 Å². The molecule has 0 amide bonds. The van der Waals surface area contributed by atoms with Gasteiger partial charge in [0.25, 0.3) is 0 Å². The molecule has 1 saturated heterocycles. The Kier molecular flexibility index (Phi) is 4.02. The molecule has 0 aromatic carbocycles. The number of nitrogens with zero attached hydrogens (tertiary/aromatic N) is 3. The van der Waals surface area contributed by atoms with Gasteiger partial charge in [-0.15, -0.1) is 0 Å². The van der Waals surface area contributed by atoms with E-state index in [0.29, 0.717) is 0 Å². The number of anilines is 1. The van der Waals surface area contributed by atoms with Crippen molar-refractivity contribution in [2.45, 2.75) is 19.4 Å². The van der Waals surface area contributed by atoms with Gasteiger partial charge in [0, 0.05) is 32.9 Å². The van der Waals surface area contributed by atoms with Crippen molar-refractivity contribution in [1.29, 1.82) is 0 Å². The lowest BCUT2D eigenvalue weighted by Crippen LogP contribution is -2.43. The summed E-state index contributed by atoms with van der Waals surface area (Å²) in [6.45, 7) is 5.83. The molecule has 0 bridgehead atoms. The van der Waals surface area contributed by atoms with Crippen LogP contribution in [0.5, 0.6) is 0 Å². The van der Waals surface area contributed by atoms with Gasteiger partial charge in [0.15, 0.2) is 0 Å². The van der Waals surface area contributed by atoms with Gasteiger partial charge in [-0.3, -0.25) is 4.68 Å². The molecule has 0 saturated carbocycles. The molecule has 1 fully saturated rings. The van der Waals surface area contributed by atoms with Crippen molar-refractivity contribution < 1.29 is 4.74 Å². The van der Waals surface area contributed by atoms with Crippen LogP contribution >= 0.6 is 0 Å². The summed E-state index contributed by atoms with van der Waals surface area (Å²) in [5.41, 5.74) is 2.25. The summed E-state index contributed by atoms with van der Waals surface area (Å²) in [5, 5.41) is 7.85. The Morgan fingerprint density at radius 3 is 3.06 bits per heavy atom. The highest BCUT2D eigenvalue weighted by Gasteiger charge is 2.17. The standard InChI is InChI=1S/C12H22N4O/c1-4-11-12(9-16(3)14-11)13-7-10-8-15(2)5-6-17-10/h9-10,13H,4-8H2,1-3H3. The SMILES string of the molecule is CCc1nn(C)cc1NCC1CN(C)CCO1. The second-order valence-corrected chi connectivity index (χ2v) is 4.65. The average molecular weight is 238 g/mol. The molecule has 96 valence electrons. The Balaban J connectivity index is 1.88. The normalized spacial score (nSPS) is 21.7. The summed E-state index contributed by atoms with van der Waals surface area (Å²) in [5.74, 6) is 0. The average Bonchev–Trinajstić information content (AvgIpc) is 2.67. The Bertz CT molecular complexity index is 363. The molecule has 17 heavy (non-hydrogen) atoms. The van der Waals surface area contributed by atoms with E-state index < -0.39 is 0 Å². The summed E-state index contributed by atoms with van der Waals surface area (Å²) in [6, 6.07) is 0. The van der Waals surface area contributed by atoms with E-state index >= 15 is 0 Å². The van der Waals surface area contributed by atoms with E-state index in [-0.39, 0.29) is 6.10 Å². The summed E-state index contributed by atoms with van der Waals surface area (Å²) < 4.78 is 7.58. The third-order valence-corrected chi connectivity index (χ3v) is 3.10. The number of ether oxygens (including phenoxy) is 1. The van der Waals surface area contributed by atoms with Crippen LogP contribution in [0.3, 0.4) is 0 Å². The molecule has 5 heteroatoms. The lowest BCUT2D eigenvalue weighted by molar-refractivity contribution is -0.0117. The Hall–Kier alpha value is -1.07. The maximum absolute atomic E-state index is 5.72. The van der Waals surface area contributed by atoms with Crippen LogP contribution in [0, 0.1) is 0 Å². The molecule has 2 heterocycles. The number of rotatable bonds is 4. The minimum Gasteiger partial charge on any atom is -0.380 e. The van der Waals surface area contributed by atoms with Crippen molar-refractivity contribution in [1.82, 2.24) is 14.7 Å². The molecule has 0 radical (unpaired) electrons. The zero-order chi connectivity index (χ0) is 12.3. The van der Waals surface area contributed by atoms with E-state index in [1.807, 2.05) is 17.9 Å². The van der Waals surface area contributed by atoms with Gasteiger partial charge in [-0.1, -0.05) is 6.92 Å². The summed E-state index contributed by atoms with van der Waals surface area (Å²) in [7, 11) is 4.09. The third kappa shape index (κ3) is 3.20. The van der Waals surface area contributed by atoms with Gasteiger partial charge in [-0.25, -0.2) is 0 Å². The predicted octanol–water partition coefficient (Wildman–Crippen LogP) is 0.725. The summed E-state index contributed by atoms with van der Waals surface area (Å²) in [4.78, 5) is 2.31. The maximum Gasteiger partial charge on any atom is 0.0874 e. The first-order chi connectivity index (χ1) is 8.19. The Morgan fingerprint density at radius 2 is 2.35 bits per heavy atom. The second kappa shape index (κ2) is 5.51. The van der Waals surface area contributed by atoms with Gasteiger partial charge < -0.3 is 15.0 Å². The minimum absolute atomic E-state index is 0.277. The quantitative estimate of drug-likeness (QED) is 0.839. The molecular formula is C12H22N4O. The first-order valence-corrected chi connectivity index (χ1v) is 6.25. The van der Waals surface area contributed by atoms with Crippen LogP contribution in [0.2, 0.25) is 0 Å². The van der Waals surface area contributed by atoms with Crippen LogP contribution in [0.15, 0.2) is 6.20 Å². The lowest BCUT2D eigenvalue weighted by Gasteiger charge is -2.30. The van der Waals surface area contributed by atoms with Crippen LogP contribution < -0.4 is 5.32 Å². The molecule has 1 aliphatic rings. The monoisotopic (exact) mass is 238 g/mol. The van der Waals surface area contributed by atoms with Gasteiger partial charge in [-0.05, 0) is 13.5 Å². The van der Waals surface area contributed by atoms with Crippen LogP contribution in [0.25, 0.3) is 0 Å². The Morgan fingerprint density at radius 1 is 1.53 bits per heavy atom. The topological polar surface area (TPSA) is 42.3 Å². The van der Waals surface area contributed by atoms with Gasteiger partial charge in [0.2, 0.25) is 0 Å². The van der Waals surface area contributed by atoms with Crippen molar-refractivity contribution in [3.63, 3.8) is 0 Å². The van der Waals surface area contributed by atoms with E-state index in [1.54, 1.807) is 0 Å². The van der Waals surface area contributed by atoms with Gasteiger partial charge in [0.05, 0.1) is 24.1 Å².